The number of carbonyl (C=O) groups is 1. The molecule has 0 fully saturated rings. The Kier molecular flexibility index (Phi) is 4.19. The molecular formula is C18H16ClNOS. The minimum atomic E-state index is -0.148. The van der Waals surface area contributed by atoms with Gasteiger partial charge in [0.2, 0.25) is 0 Å². The van der Waals surface area contributed by atoms with E-state index in [9.17, 15) is 4.79 Å². The van der Waals surface area contributed by atoms with Crippen LogP contribution in [0.25, 0.3) is 10.1 Å². The predicted molar refractivity (Wildman–Crippen MR) is 95.3 cm³/mol. The standard InChI is InChI=1S/C18H16ClNOS/c1-3-12-6-4-5-7-14(12)20-18(21)17-16(19)13-9-8-11(2)10-15(13)22-17/h4-10H,3H2,1-2H3,(H,20,21). The highest BCUT2D eigenvalue weighted by atomic mass is 35.5. The Morgan fingerprint density at radius 2 is 2.00 bits per heavy atom. The number of para-hydroxylation sites is 1. The van der Waals surface area contributed by atoms with Gasteiger partial charge < -0.3 is 5.32 Å². The SMILES string of the molecule is CCc1ccccc1NC(=O)c1sc2cc(C)ccc2c1Cl. The summed E-state index contributed by atoms with van der Waals surface area (Å²) in [7, 11) is 0. The molecule has 1 N–H and O–H groups in total. The molecular weight excluding hydrogens is 314 g/mol. The van der Waals surface area contributed by atoms with E-state index in [-0.39, 0.29) is 5.91 Å². The number of carbonyl (C=O) groups excluding carboxylic acids is 1. The van der Waals surface area contributed by atoms with E-state index in [1.54, 1.807) is 0 Å². The molecule has 0 unspecified atom stereocenters. The van der Waals surface area contributed by atoms with Crippen LogP contribution >= 0.6 is 22.9 Å². The molecule has 0 spiro atoms. The third kappa shape index (κ3) is 2.74. The lowest BCUT2D eigenvalue weighted by molar-refractivity contribution is 0.103. The van der Waals surface area contributed by atoms with Crippen molar-refractivity contribution in [3.05, 3.63) is 63.5 Å². The third-order valence-corrected chi connectivity index (χ3v) is 5.29. The molecule has 22 heavy (non-hydrogen) atoms. The summed E-state index contributed by atoms with van der Waals surface area (Å²) in [5.41, 5.74) is 3.12. The van der Waals surface area contributed by atoms with Crippen molar-refractivity contribution in [2.45, 2.75) is 20.3 Å². The molecule has 3 rings (SSSR count). The van der Waals surface area contributed by atoms with E-state index in [1.165, 1.54) is 11.3 Å². The molecule has 112 valence electrons. The Labute approximate surface area is 138 Å². The second kappa shape index (κ2) is 6.11. The van der Waals surface area contributed by atoms with Gasteiger partial charge in [0.1, 0.15) is 4.88 Å². The minimum Gasteiger partial charge on any atom is -0.321 e. The summed E-state index contributed by atoms with van der Waals surface area (Å²) in [6, 6.07) is 13.9. The van der Waals surface area contributed by atoms with Gasteiger partial charge in [-0.1, -0.05) is 48.9 Å². The monoisotopic (exact) mass is 329 g/mol. The van der Waals surface area contributed by atoms with Crippen LogP contribution in [0.4, 0.5) is 5.69 Å². The van der Waals surface area contributed by atoms with Gasteiger partial charge in [-0.15, -0.1) is 11.3 Å². The largest absolute Gasteiger partial charge is 0.321 e. The number of amides is 1. The van der Waals surface area contributed by atoms with Crippen molar-refractivity contribution in [2.75, 3.05) is 5.32 Å². The number of aryl methyl sites for hydroxylation is 2. The van der Waals surface area contributed by atoms with E-state index in [0.717, 1.165) is 33.3 Å². The van der Waals surface area contributed by atoms with Crippen molar-refractivity contribution >= 4 is 44.6 Å². The van der Waals surface area contributed by atoms with Crippen LogP contribution in [0.15, 0.2) is 42.5 Å². The van der Waals surface area contributed by atoms with Crippen molar-refractivity contribution < 1.29 is 4.79 Å². The Morgan fingerprint density at radius 1 is 1.23 bits per heavy atom. The van der Waals surface area contributed by atoms with Gasteiger partial charge >= 0.3 is 0 Å². The van der Waals surface area contributed by atoms with Crippen molar-refractivity contribution in [2.24, 2.45) is 0 Å². The van der Waals surface area contributed by atoms with E-state index in [4.69, 9.17) is 11.6 Å². The molecule has 4 heteroatoms. The lowest BCUT2D eigenvalue weighted by Crippen LogP contribution is -2.12. The normalized spacial score (nSPS) is 10.9. The molecule has 1 amide bonds. The van der Waals surface area contributed by atoms with Gasteiger partial charge in [-0.2, -0.15) is 0 Å². The van der Waals surface area contributed by atoms with Crippen LogP contribution in [0, 0.1) is 6.92 Å². The summed E-state index contributed by atoms with van der Waals surface area (Å²) < 4.78 is 1.04. The highest BCUT2D eigenvalue weighted by Gasteiger charge is 2.18. The number of rotatable bonds is 3. The number of hydrogen-bond acceptors (Lipinski definition) is 2. The fourth-order valence-electron chi connectivity index (χ4n) is 2.45. The zero-order chi connectivity index (χ0) is 15.7. The number of fused-ring (bicyclic) bond motifs is 1. The second-order valence-electron chi connectivity index (χ2n) is 5.21. The molecule has 0 aliphatic carbocycles. The average molecular weight is 330 g/mol. The fourth-order valence-corrected chi connectivity index (χ4v) is 3.96. The van der Waals surface area contributed by atoms with Crippen LogP contribution in [0.2, 0.25) is 5.02 Å². The summed E-state index contributed by atoms with van der Waals surface area (Å²) in [6.45, 7) is 4.10. The maximum atomic E-state index is 12.6. The van der Waals surface area contributed by atoms with Crippen LogP contribution in [0.5, 0.6) is 0 Å². The van der Waals surface area contributed by atoms with Crippen molar-refractivity contribution in [1.29, 1.82) is 0 Å². The number of anilines is 1. The number of benzene rings is 2. The van der Waals surface area contributed by atoms with Gasteiger partial charge in [-0.3, -0.25) is 4.79 Å². The molecule has 0 bridgehead atoms. The molecule has 1 aromatic heterocycles. The number of halogens is 1. The Hall–Kier alpha value is -1.84. The van der Waals surface area contributed by atoms with Gasteiger partial charge in [0, 0.05) is 15.8 Å². The van der Waals surface area contributed by atoms with Crippen LogP contribution in [0.3, 0.4) is 0 Å². The summed E-state index contributed by atoms with van der Waals surface area (Å²) in [4.78, 5) is 13.1. The van der Waals surface area contributed by atoms with Gasteiger partial charge in [0.25, 0.3) is 5.91 Å². The predicted octanol–water partition coefficient (Wildman–Crippen LogP) is 5.68. The second-order valence-corrected chi connectivity index (χ2v) is 6.64. The summed E-state index contributed by atoms with van der Waals surface area (Å²) >= 11 is 7.83. The lowest BCUT2D eigenvalue weighted by Gasteiger charge is -2.08. The van der Waals surface area contributed by atoms with E-state index >= 15 is 0 Å². The first-order valence-electron chi connectivity index (χ1n) is 7.18. The Bertz CT molecular complexity index is 853. The maximum absolute atomic E-state index is 12.6. The highest BCUT2D eigenvalue weighted by molar-refractivity contribution is 7.21. The lowest BCUT2D eigenvalue weighted by atomic mass is 10.1. The molecule has 0 saturated carbocycles. The van der Waals surface area contributed by atoms with Crippen LogP contribution in [-0.4, -0.2) is 5.91 Å². The van der Waals surface area contributed by atoms with Crippen LogP contribution < -0.4 is 5.32 Å². The van der Waals surface area contributed by atoms with Crippen molar-refractivity contribution in [1.82, 2.24) is 0 Å². The Balaban J connectivity index is 1.97. The molecule has 0 aliphatic rings. The average Bonchev–Trinajstić information content (AvgIpc) is 2.84. The van der Waals surface area contributed by atoms with Gasteiger partial charge in [-0.05, 0) is 36.6 Å². The maximum Gasteiger partial charge on any atom is 0.267 e. The first-order valence-corrected chi connectivity index (χ1v) is 8.37. The molecule has 1 heterocycles. The Morgan fingerprint density at radius 3 is 2.77 bits per heavy atom. The quantitative estimate of drug-likeness (QED) is 0.658. The molecule has 3 aromatic rings. The van der Waals surface area contributed by atoms with Crippen LogP contribution in [-0.2, 0) is 6.42 Å². The topological polar surface area (TPSA) is 29.1 Å². The van der Waals surface area contributed by atoms with E-state index in [1.807, 2.05) is 43.3 Å². The van der Waals surface area contributed by atoms with Gasteiger partial charge in [0.05, 0.1) is 5.02 Å². The summed E-state index contributed by atoms with van der Waals surface area (Å²) in [5.74, 6) is -0.148. The molecule has 2 nitrogen and oxygen atoms in total. The zero-order valence-corrected chi connectivity index (χ0v) is 14.0. The van der Waals surface area contributed by atoms with Crippen LogP contribution in [0.1, 0.15) is 27.7 Å². The van der Waals surface area contributed by atoms with Gasteiger partial charge in [-0.25, -0.2) is 0 Å². The first-order chi connectivity index (χ1) is 10.6. The number of nitrogens with one attached hydrogen (secondary N) is 1. The van der Waals surface area contributed by atoms with E-state index < -0.39 is 0 Å². The van der Waals surface area contributed by atoms with Crippen molar-refractivity contribution in [3.63, 3.8) is 0 Å². The van der Waals surface area contributed by atoms with E-state index in [2.05, 4.69) is 18.3 Å². The number of thiophene rings is 1. The summed E-state index contributed by atoms with van der Waals surface area (Å²) in [5, 5.41) is 4.45. The molecule has 0 radical (unpaired) electrons. The zero-order valence-electron chi connectivity index (χ0n) is 12.4. The fraction of sp³-hybridized carbons (Fsp3) is 0.167. The third-order valence-electron chi connectivity index (χ3n) is 3.64. The summed E-state index contributed by atoms with van der Waals surface area (Å²) in [6.07, 6.45) is 0.871. The molecule has 2 aromatic carbocycles. The van der Waals surface area contributed by atoms with E-state index in [0.29, 0.717) is 9.90 Å². The first kappa shape index (κ1) is 15.1. The minimum absolute atomic E-state index is 0.148. The molecule has 0 atom stereocenters. The number of hydrogen-bond donors (Lipinski definition) is 1. The highest BCUT2D eigenvalue weighted by Crippen LogP contribution is 2.36. The molecule has 0 aliphatic heterocycles. The van der Waals surface area contributed by atoms with Crippen molar-refractivity contribution in [3.8, 4) is 0 Å². The smallest absolute Gasteiger partial charge is 0.267 e. The van der Waals surface area contributed by atoms with Gasteiger partial charge in [0.15, 0.2) is 0 Å². The molecule has 0 saturated heterocycles.